The number of aryl methyl sites for hydroxylation is 1. The first-order valence-corrected chi connectivity index (χ1v) is 11.0. The van der Waals surface area contributed by atoms with Crippen LogP contribution < -0.4 is 4.90 Å². The van der Waals surface area contributed by atoms with Crippen LogP contribution in [0, 0.1) is 18.8 Å². The van der Waals surface area contributed by atoms with Gasteiger partial charge in [-0.2, -0.15) is 0 Å². The summed E-state index contributed by atoms with van der Waals surface area (Å²) >= 11 is 0. The number of carbonyl (C=O) groups is 3. The molecule has 0 spiro atoms. The van der Waals surface area contributed by atoms with E-state index < -0.39 is 0 Å². The van der Waals surface area contributed by atoms with Crippen LogP contribution >= 0.6 is 0 Å². The monoisotopic (exact) mass is 398 g/mol. The number of carbonyl (C=O) groups excluding carboxylic acids is 3. The molecule has 1 aliphatic carbocycles. The summed E-state index contributed by atoms with van der Waals surface area (Å²) in [7, 11) is 0. The summed E-state index contributed by atoms with van der Waals surface area (Å²) in [6, 6.07) is 8.60. The summed E-state index contributed by atoms with van der Waals surface area (Å²) < 4.78 is 0. The van der Waals surface area contributed by atoms with Gasteiger partial charge in [-0.1, -0.05) is 42.7 Å². The Morgan fingerprint density at radius 2 is 1.72 bits per heavy atom. The van der Waals surface area contributed by atoms with E-state index in [0.717, 1.165) is 58.4 Å². The second-order valence-electron chi connectivity index (χ2n) is 8.87. The fourth-order valence-electron chi connectivity index (χ4n) is 5.18. The number of hydrogen-bond donors (Lipinski definition) is 1. The maximum atomic E-state index is 12.7. The van der Waals surface area contributed by atoms with Crippen LogP contribution in [0.4, 0.5) is 0 Å². The molecule has 29 heavy (non-hydrogen) atoms. The summed E-state index contributed by atoms with van der Waals surface area (Å²) in [5.74, 6) is -0.268. The largest absolute Gasteiger partial charge is 0.331 e. The lowest BCUT2D eigenvalue weighted by atomic mass is 9.81. The molecule has 3 fully saturated rings. The van der Waals surface area contributed by atoms with E-state index in [4.69, 9.17) is 0 Å². The molecule has 1 aromatic rings. The fraction of sp³-hybridized carbons (Fsp3) is 0.609. The van der Waals surface area contributed by atoms with Gasteiger partial charge in [0.2, 0.25) is 17.7 Å². The predicted octanol–water partition coefficient (Wildman–Crippen LogP) is 0.787. The van der Waals surface area contributed by atoms with E-state index in [1.807, 2.05) is 4.90 Å². The van der Waals surface area contributed by atoms with E-state index >= 15 is 0 Å². The summed E-state index contributed by atoms with van der Waals surface area (Å²) in [5.41, 5.74) is 2.62. The van der Waals surface area contributed by atoms with Gasteiger partial charge in [-0.3, -0.25) is 19.3 Å². The average molecular weight is 399 g/mol. The van der Waals surface area contributed by atoms with Crippen molar-refractivity contribution in [3.8, 4) is 0 Å². The maximum Gasteiger partial charge on any atom is 0.233 e. The van der Waals surface area contributed by atoms with E-state index in [1.54, 1.807) is 0 Å². The zero-order chi connectivity index (χ0) is 20.4. The normalized spacial score (nSPS) is 25.4. The third kappa shape index (κ3) is 4.37. The Morgan fingerprint density at radius 1 is 1.07 bits per heavy atom. The number of fused-ring (bicyclic) bond motifs is 1. The van der Waals surface area contributed by atoms with E-state index in [2.05, 4.69) is 31.2 Å². The number of quaternary nitrogens is 1. The third-order valence-electron chi connectivity index (χ3n) is 6.84. The predicted molar refractivity (Wildman–Crippen MR) is 109 cm³/mol. The number of imide groups is 1. The molecule has 6 nitrogen and oxygen atoms in total. The van der Waals surface area contributed by atoms with Gasteiger partial charge in [-0.15, -0.1) is 0 Å². The number of rotatable bonds is 5. The topological polar surface area (TPSA) is 62.1 Å². The zero-order valence-electron chi connectivity index (χ0n) is 17.4. The summed E-state index contributed by atoms with van der Waals surface area (Å²) in [4.78, 5) is 42.5. The lowest BCUT2D eigenvalue weighted by Gasteiger charge is -2.32. The molecule has 2 heterocycles. The summed E-state index contributed by atoms with van der Waals surface area (Å²) in [6.45, 7) is 6.71. The number of amides is 3. The van der Waals surface area contributed by atoms with E-state index in [0.29, 0.717) is 0 Å². The molecule has 2 aliphatic heterocycles. The number of benzene rings is 1. The van der Waals surface area contributed by atoms with Crippen molar-refractivity contribution in [1.29, 1.82) is 0 Å². The van der Waals surface area contributed by atoms with Gasteiger partial charge in [0.05, 0.1) is 38.0 Å². The molecule has 2 atom stereocenters. The molecule has 4 rings (SSSR count). The molecule has 3 amide bonds. The van der Waals surface area contributed by atoms with Gasteiger partial charge < -0.3 is 9.80 Å². The standard InChI is InChI=1S/C23H31N3O3/c1-17-5-4-6-18(15-17)16-24-11-13-25(14-12-24)21(27)9-10-26-22(28)19-7-2-3-8-20(19)23(26)29/h4-6,15,19-20H,2-3,7-14,16H2,1H3/p+1/t19-,20+. The quantitative estimate of drug-likeness (QED) is 0.746. The fourth-order valence-corrected chi connectivity index (χ4v) is 5.18. The zero-order valence-corrected chi connectivity index (χ0v) is 17.4. The van der Waals surface area contributed by atoms with Crippen LogP contribution in [0.25, 0.3) is 0 Å². The number of piperazine rings is 1. The Hall–Kier alpha value is -2.21. The molecule has 6 heteroatoms. The van der Waals surface area contributed by atoms with Crippen molar-refractivity contribution in [3.63, 3.8) is 0 Å². The second kappa shape index (κ2) is 8.66. The van der Waals surface area contributed by atoms with Crippen molar-refractivity contribution in [1.82, 2.24) is 9.80 Å². The van der Waals surface area contributed by atoms with Crippen molar-refractivity contribution in [3.05, 3.63) is 35.4 Å². The Labute approximate surface area is 172 Å². The van der Waals surface area contributed by atoms with Crippen LogP contribution in [-0.4, -0.2) is 60.2 Å². The Kier molecular flexibility index (Phi) is 5.99. The number of nitrogens with zero attached hydrogens (tertiary/aromatic N) is 2. The lowest BCUT2D eigenvalue weighted by Crippen LogP contribution is -3.13. The molecular weight excluding hydrogens is 366 g/mol. The highest BCUT2D eigenvalue weighted by Crippen LogP contribution is 2.37. The minimum absolute atomic E-state index is 0.0417. The Morgan fingerprint density at radius 3 is 2.34 bits per heavy atom. The highest BCUT2D eigenvalue weighted by molar-refractivity contribution is 6.05. The van der Waals surface area contributed by atoms with Gasteiger partial charge in [-0.05, 0) is 19.8 Å². The molecule has 156 valence electrons. The van der Waals surface area contributed by atoms with Crippen LogP contribution in [0.1, 0.15) is 43.2 Å². The molecule has 0 aromatic heterocycles. The lowest BCUT2D eigenvalue weighted by molar-refractivity contribution is -0.917. The number of hydrogen-bond acceptors (Lipinski definition) is 3. The van der Waals surface area contributed by atoms with Gasteiger partial charge in [0.15, 0.2) is 0 Å². The highest BCUT2D eigenvalue weighted by atomic mass is 16.2. The highest BCUT2D eigenvalue weighted by Gasteiger charge is 2.47. The molecule has 0 unspecified atom stereocenters. The van der Waals surface area contributed by atoms with Crippen LogP contribution in [0.2, 0.25) is 0 Å². The second-order valence-corrected chi connectivity index (χ2v) is 8.87. The number of likely N-dealkylation sites (tertiary alicyclic amines) is 1. The molecule has 1 saturated carbocycles. The third-order valence-corrected chi connectivity index (χ3v) is 6.84. The average Bonchev–Trinajstić information content (AvgIpc) is 2.97. The summed E-state index contributed by atoms with van der Waals surface area (Å²) in [6.07, 6.45) is 3.96. The van der Waals surface area contributed by atoms with Gasteiger partial charge in [0.25, 0.3) is 0 Å². The van der Waals surface area contributed by atoms with E-state index in [1.165, 1.54) is 20.9 Å². The molecule has 1 N–H and O–H groups in total. The van der Waals surface area contributed by atoms with Crippen molar-refractivity contribution in [2.45, 2.75) is 45.6 Å². The van der Waals surface area contributed by atoms with Gasteiger partial charge in [0.1, 0.15) is 6.54 Å². The first kappa shape index (κ1) is 20.1. The number of nitrogens with one attached hydrogen (secondary N) is 1. The van der Waals surface area contributed by atoms with Crippen molar-refractivity contribution >= 4 is 17.7 Å². The maximum absolute atomic E-state index is 12.7. The van der Waals surface area contributed by atoms with Gasteiger partial charge in [-0.25, -0.2) is 0 Å². The first-order valence-electron chi connectivity index (χ1n) is 11.0. The molecular formula is C23H32N3O3+. The molecule has 0 radical (unpaired) electrons. The minimum Gasteiger partial charge on any atom is -0.331 e. The molecule has 0 bridgehead atoms. The van der Waals surface area contributed by atoms with Gasteiger partial charge >= 0.3 is 0 Å². The van der Waals surface area contributed by atoms with Crippen molar-refractivity contribution in [2.75, 3.05) is 32.7 Å². The molecule has 3 aliphatic rings. The van der Waals surface area contributed by atoms with Crippen LogP contribution in [0.5, 0.6) is 0 Å². The molecule has 1 aromatic carbocycles. The van der Waals surface area contributed by atoms with E-state index in [-0.39, 0.29) is 42.5 Å². The van der Waals surface area contributed by atoms with Crippen molar-refractivity contribution < 1.29 is 19.3 Å². The summed E-state index contributed by atoms with van der Waals surface area (Å²) in [5, 5.41) is 0. The SMILES string of the molecule is Cc1cccc(C[NH+]2CCN(C(=O)CCN3C(=O)[C@H]4CCCC[C@H]4C3=O)CC2)c1. The van der Waals surface area contributed by atoms with Crippen molar-refractivity contribution in [2.24, 2.45) is 11.8 Å². The van der Waals surface area contributed by atoms with Crippen LogP contribution in [0.15, 0.2) is 24.3 Å². The Bertz CT molecular complexity index is 761. The van der Waals surface area contributed by atoms with E-state index in [9.17, 15) is 14.4 Å². The minimum atomic E-state index is -0.125. The van der Waals surface area contributed by atoms with Gasteiger partial charge in [0, 0.05) is 18.5 Å². The smallest absolute Gasteiger partial charge is 0.233 e. The van der Waals surface area contributed by atoms with Crippen LogP contribution in [-0.2, 0) is 20.9 Å². The molecule has 2 saturated heterocycles. The van der Waals surface area contributed by atoms with Crippen LogP contribution in [0.3, 0.4) is 0 Å². The Balaban J connectivity index is 1.24. The first-order chi connectivity index (χ1) is 14.0.